The van der Waals surface area contributed by atoms with Crippen LogP contribution in [0.25, 0.3) is 0 Å². The molecule has 0 aromatic heterocycles. The summed E-state index contributed by atoms with van der Waals surface area (Å²) >= 11 is 0. The number of aliphatic hydroxyl groups excluding tert-OH is 1. The standard InChI is InChI=1S/C30H41N3O5S/c1-5-6-17-33-28(35)26(27(34)21(2)3)31-29(36)30(33)15-18-32(19-16-30)20-22-7-9-23(10-8-22)38-24-11-13-25(14-12-24)39(4)37/h7-14,21,26-27,34H,5-6,15-20H2,1-4H3,(H,31,36). The third-order valence-electron chi connectivity index (χ3n) is 7.92. The number of benzene rings is 2. The Morgan fingerprint density at radius 3 is 2.18 bits per heavy atom. The first-order chi connectivity index (χ1) is 18.6. The summed E-state index contributed by atoms with van der Waals surface area (Å²) in [5.74, 6) is 0.986. The van der Waals surface area contributed by atoms with Crippen molar-refractivity contribution in [2.24, 2.45) is 5.92 Å². The number of piperazine rings is 1. The number of likely N-dealkylation sites (tertiary alicyclic amines) is 1. The van der Waals surface area contributed by atoms with Crippen LogP contribution in [0.5, 0.6) is 11.5 Å². The Hall–Kier alpha value is -2.75. The summed E-state index contributed by atoms with van der Waals surface area (Å²) in [5, 5.41) is 13.5. The van der Waals surface area contributed by atoms with Gasteiger partial charge in [0.05, 0.1) is 6.10 Å². The van der Waals surface area contributed by atoms with Crippen LogP contribution in [0.1, 0.15) is 52.0 Å². The van der Waals surface area contributed by atoms with E-state index in [1.54, 1.807) is 23.3 Å². The monoisotopic (exact) mass is 555 g/mol. The van der Waals surface area contributed by atoms with E-state index in [0.29, 0.717) is 38.2 Å². The molecule has 2 aliphatic rings. The lowest BCUT2D eigenvalue weighted by Gasteiger charge is -2.52. The third kappa shape index (κ3) is 6.53. The molecule has 9 heteroatoms. The Kier molecular flexibility index (Phi) is 9.46. The maximum Gasteiger partial charge on any atom is 0.248 e. The smallest absolute Gasteiger partial charge is 0.248 e. The number of nitrogens with one attached hydrogen (secondary N) is 1. The highest BCUT2D eigenvalue weighted by Crippen LogP contribution is 2.35. The zero-order valence-electron chi connectivity index (χ0n) is 23.4. The number of amides is 2. The second-order valence-corrected chi connectivity index (χ2v) is 12.4. The van der Waals surface area contributed by atoms with E-state index in [-0.39, 0.29) is 17.7 Å². The fourth-order valence-corrected chi connectivity index (χ4v) is 5.95. The SMILES string of the molecule is CCCCN1C(=O)C(C(O)C(C)C)NC(=O)C12CCN(Cc1ccc(Oc3ccc(S(C)=O)cc3)cc1)CC2. The van der Waals surface area contributed by atoms with Crippen LogP contribution < -0.4 is 10.1 Å². The number of unbranched alkanes of at least 4 members (excludes halogenated alkanes) is 1. The van der Waals surface area contributed by atoms with E-state index in [1.165, 1.54) is 0 Å². The van der Waals surface area contributed by atoms with Crippen LogP contribution in [0.3, 0.4) is 0 Å². The van der Waals surface area contributed by atoms with E-state index in [9.17, 15) is 18.9 Å². The first kappa shape index (κ1) is 29.2. The van der Waals surface area contributed by atoms with Crippen LogP contribution in [-0.2, 0) is 26.9 Å². The predicted molar refractivity (Wildman–Crippen MR) is 152 cm³/mol. The molecule has 2 N–H and O–H groups in total. The zero-order valence-corrected chi connectivity index (χ0v) is 24.2. The van der Waals surface area contributed by atoms with Crippen LogP contribution in [0.2, 0.25) is 0 Å². The van der Waals surface area contributed by atoms with Gasteiger partial charge in [-0.1, -0.05) is 39.3 Å². The van der Waals surface area contributed by atoms with Crippen molar-refractivity contribution in [1.82, 2.24) is 15.1 Å². The Labute approximate surface area is 234 Å². The molecule has 2 amide bonds. The first-order valence-electron chi connectivity index (χ1n) is 13.9. The quantitative estimate of drug-likeness (QED) is 0.464. The van der Waals surface area contributed by atoms with Crippen LogP contribution >= 0.6 is 0 Å². The average molecular weight is 556 g/mol. The van der Waals surface area contributed by atoms with Crippen molar-refractivity contribution < 1.29 is 23.6 Å². The molecule has 2 aromatic rings. The number of piperidine rings is 1. The van der Waals surface area contributed by atoms with Gasteiger partial charge in [-0.2, -0.15) is 0 Å². The van der Waals surface area contributed by atoms with Crippen LogP contribution in [0.4, 0.5) is 0 Å². The third-order valence-corrected chi connectivity index (χ3v) is 8.86. The molecule has 2 saturated heterocycles. The maximum atomic E-state index is 13.5. The van der Waals surface area contributed by atoms with Gasteiger partial charge in [0.25, 0.3) is 0 Å². The van der Waals surface area contributed by atoms with E-state index in [1.807, 2.05) is 50.2 Å². The summed E-state index contributed by atoms with van der Waals surface area (Å²) in [4.78, 5) is 31.8. The van der Waals surface area contributed by atoms with E-state index < -0.39 is 28.5 Å². The number of ether oxygens (including phenoxy) is 1. The van der Waals surface area contributed by atoms with Crippen LogP contribution in [-0.4, -0.2) is 74.5 Å². The second-order valence-electron chi connectivity index (χ2n) is 11.0. The molecule has 0 radical (unpaired) electrons. The molecule has 0 bridgehead atoms. The van der Waals surface area contributed by atoms with Crippen molar-refractivity contribution in [2.45, 2.75) is 75.6 Å². The van der Waals surface area contributed by atoms with Crippen molar-refractivity contribution in [3.63, 3.8) is 0 Å². The molecule has 2 fully saturated rings. The fraction of sp³-hybridized carbons (Fsp3) is 0.533. The first-order valence-corrected chi connectivity index (χ1v) is 15.4. The Bertz CT molecular complexity index is 1160. The minimum absolute atomic E-state index is 0.131. The maximum absolute atomic E-state index is 13.5. The fourth-order valence-electron chi connectivity index (χ4n) is 5.43. The summed E-state index contributed by atoms with van der Waals surface area (Å²) in [6, 6.07) is 14.3. The van der Waals surface area contributed by atoms with Crippen molar-refractivity contribution >= 4 is 22.6 Å². The average Bonchev–Trinajstić information content (AvgIpc) is 2.93. The number of carbonyl (C=O) groups is 2. The van der Waals surface area contributed by atoms with Crippen molar-refractivity contribution in [1.29, 1.82) is 0 Å². The summed E-state index contributed by atoms with van der Waals surface area (Å²) < 4.78 is 17.5. The van der Waals surface area contributed by atoms with Crippen LogP contribution in [0, 0.1) is 5.92 Å². The highest BCUT2D eigenvalue weighted by Gasteiger charge is 2.54. The zero-order chi connectivity index (χ0) is 28.2. The second kappa shape index (κ2) is 12.6. The number of hydrogen-bond acceptors (Lipinski definition) is 6. The molecular weight excluding hydrogens is 514 g/mol. The lowest BCUT2D eigenvalue weighted by molar-refractivity contribution is -0.165. The number of nitrogens with zero attached hydrogens (tertiary/aromatic N) is 2. The van der Waals surface area contributed by atoms with Gasteiger partial charge in [-0.05, 0) is 67.1 Å². The van der Waals surface area contributed by atoms with Crippen LogP contribution in [0.15, 0.2) is 53.4 Å². The largest absolute Gasteiger partial charge is 0.457 e. The molecule has 0 saturated carbocycles. The van der Waals surface area contributed by atoms with Gasteiger partial charge in [0.1, 0.15) is 23.1 Å². The Morgan fingerprint density at radius 1 is 1.05 bits per heavy atom. The minimum Gasteiger partial charge on any atom is -0.457 e. The molecule has 0 aliphatic carbocycles. The molecule has 2 heterocycles. The number of hydrogen-bond donors (Lipinski definition) is 2. The lowest BCUT2D eigenvalue weighted by atomic mass is 9.80. The van der Waals surface area contributed by atoms with Crippen molar-refractivity contribution in [3.8, 4) is 11.5 Å². The molecule has 39 heavy (non-hydrogen) atoms. The molecule has 3 unspecified atom stereocenters. The van der Waals surface area contributed by atoms with E-state index >= 15 is 0 Å². The summed E-state index contributed by atoms with van der Waals surface area (Å²) in [5.41, 5.74) is 0.287. The lowest BCUT2D eigenvalue weighted by Crippen LogP contribution is -2.74. The molecule has 8 nitrogen and oxygen atoms in total. The molecule has 3 atom stereocenters. The van der Waals surface area contributed by atoms with E-state index in [0.717, 1.165) is 35.6 Å². The number of aliphatic hydroxyl groups is 1. The topological polar surface area (TPSA) is 99.2 Å². The van der Waals surface area contributed by atoms with Gasteiger partial charge < -0.3 is 20.1 Å². The number of rotatable bonds is 10. The van der Waals surface area contributed by atoms with Crippen molar-refractivity contribution in [2.75, 3.05) is 25.9 Å². The van der Waals surface area contributed by atoms with E-state index in [2.05, 4.69) is 17.1 Å². The van der Waals surface area contributed by atoms with Gasteiger partial charge in [-0.25, -0.2) is 0 Å². The van der Waals surface area contributed by atoms with Gasteiger partial charge in [0.2, 0.25) is 11.8 Å². The minimum atomic E-state index is -1.02. The van der Waals surface area contributed by atoms with E-state index in [4.69, 9.17) is 4.74 Å². The molecular formula is C30H41N3O5S. The van der Waals surface area contributed by atoms with Gasteiger partial charge in [0, 0.05) is 48.1 Å². The summed E-state index contributed by atoms with van der Waals surface area (Å²) in [6.45, 7) is 8.46. The van der Waals surface area contributed by atoms with Gasteiger partial charge in [0.15, 0.2) is 0 Å². The molecule has 4 rings (SSSR count). The predicted octanol–water partition coefficient (Wildman–Crippen LogP) is 3.69. The Balaban J connectivity index is 1.38. The highest BCUT2D eigenvalue weighted by molar-refractivity contribution is 7.84. The highest BCUT2D eigenvalue weighted by atomic mass is 32.2. The normalized spacial score (nSPS) is 21.2. The molecule has 1 spiro atoms. The molecule has 212 valence electrons. The van der Waals surface area contributed by atoms with Crippen molar-refractivity contribution in [3.05, 3.63) is 54.1 Å². The Morgan fingerprint density at radius 2 is 1.64 bits per heavy atom. The molecule has 2 aromatic carbocycles. The summed E-state index contributed by atoms with van der Waals surface area (Å²) in [7, 11) is -1.02. The van der Waals surface area contributed by atoms with Gasteiger partial charge >= 0.3 is 0 Å². The van der Waals surface area contributed by atoms with Gasteiger partial charge in [-0.15, -0.1) is 0 Å². The number of carbonyl (C=O) groups excluding carboxylic acids is 2. The summed E-state index contributed by atoms with van der Waals surface area (Å²) in [6.07, 6.45) is 3.63. The molecule has 2 aliphatic heterocycles. The van der Waals surface area contributed by atoms with Gasteiger partial charge in [-0.3, -0.25) is 18.7 Å².